The van der Waals surface area contributed by atoms with E-state index in [0.29, 0.717) is 29.9 Å². The average molecular weight is 300 g/mol. The van der Waals surface area contributed by atoms with Crippen LogP contribution in [-0.4, -0.2) is 57.2 Å². The highest BCUT2D eigenvalue weighted by Gasteiger charge is 2.31. The molecule has 0 radical (unpaired) electrons. The van der Waals surface area contributed by atoms with Gasteiger partial charge in [0.05, 0.1) is 0 Å². The number of alkyl halides is 2. The molecule has 1 aliphatic rings. The van der Waals surface area contributed by atoms with Crippen molar-refractivity contribution in [1.29, 1.82) is 0 Å². The van der Waals surface area contributed by atoms with Gasteiger partial charge in [-0.3, -0.25) is 9.69 Å². The number of aromatic nitrogens is 2. The van der Waals surface area contributed by atoms with E-state index in [9.17, 15) is 13.6 Å². The summed E-state index contributed by atoms with van der Waals surface area (Å²) in [6.45, 7) is 5.70. The number of nitrogens with zero attached hydrogens (tertiary/aromatic N) is 4. The van der Waals surface area contributed by atoms with Crippen LogP contribution in [0.5, 0.6) is 0 Å². The molecule has 1 aliphatic heterocycles. The summed E-state index contributed by atoms with van der Waals surface area (Å²) in [6, 6.07) is 2.09. The Morgan fingerprint density at radius 3 is 2.67 bits per heavy atom. The lowest BCUT2D eigenvalue weighted by Crippen LogP contribution is -2.56. The minimum Gasteiger partial charge on any atom is -0.334 e. The van der Waals surface area contributed by atoms with Crippen molar-refractivity contribution in [3.05, 3.63) is 18.0 Å². The second-order valence-corrected chi connectivity index (χ2v) is 5.60. The summed E-state index contributed by atoms with van der Waals surface area (Å²) < 4.78 is 25.5. The standard InChI is InChI=1S/C14H22F2N4O/c1-4-11-9-18(7-8-19(11)10(2)3)13(21)12-5-6-20(17-12)14(15)16/h5-6,10-11,14H,4,7-9H2,1-3H3. The fourth-order valence-corrected chi connectivity index (χ4v) is 2.82. The smallest absolute Gasteiger partial charge is 0.333 e. The maximum Gasteiger partial charge on any atom is 0.333 e. The van der Waals surface area contributed by atoms with E-state index >= 15 is 0 Å². The first kappa shape index (κ1) is 15.9. The van der Waals surface area contributed by atoms with Crippen molar-refractivity contribution in [2.24, 2.45) is 0 Å². The summed E-state index contributed by atoms with van der Waals surface area (Å²) in [5.74, 6) is -0.267. The first-order valence-corrected chi connectivity index (χ1v) is 7.32. The van der Waals surface area contributed by atoms with Gasteiger partial charge in [0.1, 0.15) is 0 Å². The lowest BCUT2D eigenvalue weighted by molar-refractivity contribution is 0.0356. The van der Waals surface area contributed by atoms with E-state index in [0.717, 1.165) is 19.2 Å². The summed E-state index contributed by atoms with van der Waals surface area (Å²) >= 11 is 0. The van der Waals surface area contributed by atoms with E-state index < -0.39 is 6.55 Å². The maximum absolute atomic E-state index is 12.5. The van der Waals surface area contributed by atoms with Gasteiger partial charge in [0, 0.05) is 37.9 Å². The topological polar surface area (TPSA) is 41.4 Å². The van der Waals surface area contributed by atoms with Crippen LogP contribution in [0.4, 0.5) is 8.78 Å². The van der Waals surface area contributed by atoms with Gasteiger partial charge in [0.2, 0.25) is 0 Å². The third kappa shape index (κ3) is 3.40. The van der Waals surface area contributed by atoms with Gasteiger partial charge < -0.3 is 4.90 Å². The molecule has 1 saturated heterocycles. The SMILES string of the molecule is CCC1CN(C(=O)c2ccn(C(F)F)n2)CCN1C(C)C. The van der Waals surface area contributed by atoms with Crippen molar-refractivity contribution >= 4 is 5.91 Å². The van der Waals surface area contributed by atoms with E-state index in [1.807, 2.05) is 0 Å². The number of rotatable bonds is 4. The summed E-state index contributed by atoms with van der Waals surface area (Å²) in [5.41, 5.74) is 0.0863. The molecule has 118 valence electrons. The van der Waals surface area contributed by atoms with Crippen molar-refractivity contribution in [2.75, 3.05) is 19.6 Å². The Hall–Kier alpha value is -1.50. The summed E-state index contributed by atoms with van der Waals surface area (Å²) in [5, 5.41) is 3.65. The molecule has 2 heterocycles. The van der Waals surface area contributed by atoms with Crippen molar-refractivity contribution in [1.82, 2.24) is 19.6 Å². The van der Waals surface area contributed by atoms with Gasteiger partial charge >= 0.3 is 6.55 Å². The van der Waals surface area contributed by atoms with Crippen LogP contribution in [0.1, 0.15) is 44.2 Å². The van der Waals surface area contributed by atoms with Crippen LogP contribution in [-0.2, 0) is 0 Å². The number of hydrogen-bond acceptors (Lipinski definition) is 3. The molecule has 1 aromatic heterocycles. The highest BCUT2D eigenvalue weighted by molar-refractivity contribution is 5.92. The highest BCUT2D eigenvalue weighted by Crippen LogP contribution is 2.18. The molecule has 2 rings (SSSR count). The third-order valence-electron chi connectivity index (χ3n) is 3.98. The molecule has 21 heavy (non-hydrogen) atoms. The molecule has 1 unspecified atom stereocenters. The molecule has 1 amide bonds. The Labute approximate surface area is 123 Å². The van der Waals surface area contributed by atoms with Crippen LogP contribution in [0.3, 0.4) is 0 Å². The van der Waals surface area contributed by atoms with Crippen LogP contribution >= 0.6 is 0 Å². The zero-order valence-corrected chi connectivity index (χ0v) is 12.7. The Morgan fingerprint density at radius 1 is 1.43 bits per heavy atom. The van der Waals surface area contributed by atoms with E-state index in [2.05, 4.69) is 30.8 Å². The van der Waals surface area contributed by atoms with Gasteiger partial charge in [-0.25, -0.2) is 4.68 Å². The normalized spacial score (nSPS) is 20.5. The first-order chi connectivity index (χ1) is 9.93. The Kier molecular flexibility index (Phi) is 4.92. The number of carbonyl (C=O) groups excluding carboxylic acids is 1. The lowest BCUT2D eigenvalue weighted by atomic mass is 10.1. The van der Waals surface area contributed by atoms with E-state index in [1.54, 1.807) is 4.90 Å². The molecular weight excluding hydrogens is 278 g/mol. The first-order valence-electron chi connectivity index (χ1n) is 7.32. The van der Waals surface area contributed by atoms with Gasteiger partial charge in [-0.2, -0.15) is 13.9 Å². The fourth-order valence-electron chi connectivity index (χ4n) is 2.82. The predicted octanol–water partition coefficient (Wildman–Crippen LogP) is 2.22. The van der Waals surface area contributed by atoms with E-state index in [-0.39, 0.29) is 11.6 Å². The Morgan fingerprint density at radius 2 is 2.14 bits per heavy atom. The molecule has 1 atom stereocenters. The maximum atomic E-state index is 12.5. The van der Waals surface area contributed by atoms with Crippen LogP contribution in [0.25, 0.3) is 0 Å². The van der Waals surface area contributed by atoms with E-state index in [1.165, 1.54) is 6.07 Å². The number of piperazine rings is 1. The van der Waals surface area contributed by atoms with Crippen LogP contribution in [0, 0.1) is 0 Å². The molecule has 0 saturated carbocycles. The third-order valence-corrected chi connectivity index (χ3v) is 3.98. The number of amides is 1. The van der Waals surface area contributed by atoms with Crippen LogP contribution < -0.4 is 0 Å². The van der Waals surface area contributed by atoms with E-state index in [4.69, 9.17) is 0 Å². The quantitative estimate of drug-likeness (QED) is 0.856. The van der Waals surface area contributed by atoms with Crippen molar-refractivity contribution in [3.63, 3.8) is 0 Å². The van der Waals surface area contributed by atoms with Crippen LogP contribution in [0.2, 0.25) is 0 Å². The van der Waals surface area contributed by atoms with Gasteiger partial charge in [0.15, 0.2) is 5.69 Å². The molecule has 1 fully saturated rings. The van der Waals surface area contributed by atoms with Gasteiger partial charge in [-0.15, -0.1) is 0 Å². The highest BCUT2D eigenvalue weighted by atomic mass is 19.3. The van der Waals surface area contributed by atoms with Crippen molar-refractivity contribution in [2.45, 2.75) is 45.8 Å². The average Bonchev–Trinajstić information content (AvgIpc) is 2.95. The van der Waals surface area contributed by atoms with Gasteiger partial charge in [-0.1, -0.05) is 6.92 Å². The second kappa shape index (κ2) is 6.51. The molecule has 0 N–H and O–H groups in total. The molecule has 5 nitrogen and oxygen atoms in total. The fraction of sp³-hybridized carbons (Fsp3) is 0.714. The lowest BCUT2D eigenvalue weighted by Gasteiger charge is -2.43. The minimum atomic E-state index is -2.72. The van der Waals surface area contributed by atoms with Gasteiger partial charge in [-0.05, 0) is 26.3 Å². The number of halogens is 2. The molecule has 0 aromatic carbocycles. The van der Waals surface area contributed by atoms with Crippen LogP contribution in [0.15, 0.2) is 12.3 Å². The molecule has 1 aromatic rings. The number of carbonyl (C=O) groups is 1. The van der Waals surface area contributed by atoms with Crippen molar-refractivity contribution < 1.29 is 13.6 Å². The zero-order valence-electron chi connectivity index (χ0n) is 12.7. The summed E-state index contributed by atoms with van der Waals surface area (Å²) in [7, 11) is 0. The van der Waals surface area contributed by atoms with Gasteiger partial charge in [0.25, 0.3) is 5.91 Å². The monoisotopic (exact) mass is 300 g/mol. The molecular formula is C14H22F2N4O. The predicted molar refractivity (Wildman–Crippen MR) is 75.3 cm³/mol. The number of hydrogen-bond donors (Lipinski definition) is 0. The molecule has 0 spiro atoms. The summed E-state index contributed by atoms with van der Waals surface area (Å²) in [6.07, 6.45) is 2.09. The summed E-state index contributed by atoms with van der Waals surface area (Å²) in [4.78, 5) is 16.5. The Balaban J connectivity index is 2.06. The molecule has 0 aliphatic carbocycles. The largest absolute Gasteiger partial charge is 0.334 e. The zero-order chi connectivity index (χ0) is 15.6. The van der Waals surface area contributed by atoms with Crippen molar-refractivity contribution in [3.8, 4) is 0 Å². The molecule has 7 heteroatoms. The molecule has 0 bridgehead atoms. The minimum absolute atomic E-state index is 0.0863. The second-order valence-electron chi connectivity index (χ2n) is 5.60. The Bertz CT molecular complexity index is 489.